The highest BCUT2D eigenvalue weighted by atomic mass is 16.5. The molecular weight excluding hydrogens is 396 g/mol. The summed E-state index contributed by atoms with van der Waals surface area (Å²) in [6.45, 7) is 0.193. The Morgan fingerprint density at radius 2 is 1.74 bits per heavy atom. The van der Waals surface area contributed by atoms with Gasteiger partial charge in [-0.2, -0.15) is 0 Å². The lowest BCUT2D eigenvalue weighted by atomic mass is 9.66. The molecule has 31 heavy (non-hydrogen) atoms. The summed E-state index contributed by atoms with van der Waals surface area (Å²) in [6.07, 6.45) is 1.62. The van der Waals surface area contributed by atoms with Crippen molar-refractivity contribution in [2.45, 2.75) is 24.3 Å². The van der Waals surface area contributed by atoms with Crippen molar-refractivity contribution in [3.8, 4) is 11.1 Å². The molecule has 3 aromatic rings. The zero-order chi connectivity index (χ0) is 21.6. The van der Waals surface area contributed by atoms with Gasteiger partial charge in [-0.3, -0.25) is 9.48 Å². The smallest absolute Gasteiger partial charge is 0.407 e. The third kappa shape index (κ3) is 3.24. The Labute approximate surface area is 178 Å². The molecule has 0 saturated heterocycles. The Hall–Kier alpha value is -3.68. The van der Waals surface area contributed by atoms with E-state index in [9.17, 15) is 14.7 Å². The molecule has 1 saturated carbocycles. The fourth-order valence-electron chi connectivity index (χ4n) is 4.73. The van der Waals surface area contributed by atoms with E-state index in [1.54, 1.807) is 13.2 Å². The van der Waals surface area contributed by atoms with Crippen LogP contribution in [0.25, 0.3) is 11.1 Å². The molecule has 1 amide bonds. The minimum absolute atomic E-state index is 0.0428. The summed E-state index contributed by atoms with van der Waals surface area (Å²) < 4.78 is 7.17. The Morgan fingerprint density at radius 3 is 2.29 bits per heavy atom. The molecule has 0 atom stereocenters. The van der Waals surface area contributed by atoms with Crippen LogP contribution >= 0.6 is 0 Å². The van der Waals surface area contributed by atoms with Gasteiger partial charge in [0.1, 0.15) is 12.3 Å². The first-order valence-electron chi connectivity index (χ1n) is 10.2. The normalized spacial score (nSPS) is 21.6. The van der Waals surface area contributed by atoms with Crippen LogP contribution in [0.15, 0.2) is 54.7 Å². The Morgan fingerprint density at radius 1 is 1.13 bits per heavy atom. The molecule has 1 fully saturated rings. The highest BCUT2D eigenvalue weighted by Crippen LogP contribution is 2.46. The van der Waals surface area contributed by atoms with Crippen molar-refractivity contribution < 1.29 is 19.4 Å². The largest absolute Gasteiger partial charge is 0.481 e. The lowest BCUT2D eigenvalue weighted by Crippen LogP contribution is -2.56. The van der Waals surface area contributed by atoms with Gasteiger partial charge in [-0.15, -0.1) is 5.10 Å². The fraction of sp³-hybridized carbons (Fsp3) is 0.304. The van der Waals surface area contributed by atoms with Gasteiger partial charge in [0.2, 0.25) is 0 Å². The number of aliphatic carboxylic acids is 1. The molecule has 0 aliphatic heterocycles. The molecule has 2 aliphatic rings. The third-order valence-electron chi connectivity index (χ3n) is 6.32. The number of aromatic nitrogens is 3. The van der Waals surface area contributed by atoms with E-state index in [0.29, 0.717) is 5.69 Å². The number of hydrogen-bond donors (Lipinski definition) is 2. The van der Waals surface area contributed by atoms with Crippen molar-refractivity contribution in [2.24, 2.45) is 13.0 Å². The summed E-state index contributed by atoms with van der Waals surface area (Å²) in [7, 11) is 1.73. The molecule has 1 aromatic heterocycles. The minimum atomic E-state index is -0.881. The van der Waals surface area contributed by atoms with Crippen molar-refractivity contribution in [3.63, 3.8) is 0 Å². The summed E-state index contributed by atoms with van der Waals surface area (Å²) in [5.41, 5.74) is 4.25. The lowest BCUT2D eigenvalue weighted by Gasteiger charge is -2.44. The average molecular weight is 418 g/mol. The van der Waals surface area contributed by atoms with Gasteiger partial charge in [0.15, 0.2) is 0 Å². The van der Waals surface area contributed by atoms with Gasteiger partial charge in [0.25, 0.3) is 0 Å². The second-order valence-electron chi connectivity index (χ2n) is 8.25. The van der Waals surface area contributed by atoms with Gasteiger partial charge < -0.3 is 15.2 Å². The third-order valence-corrected chi connectivity index (χ3v) is 6.32. The van der Waals surface area contributed by atoms with E-state index >= 15 is 0 Å². The highest BCUT2D eigenvalue weighted by molar-refractivity contribution is 5.79. The second kappa shape index (κ2) is 7.23. The molecule has 8 nitrogen and oxygen atoms in total. The number of ether oxygens (including phenoxy) is 1. The molecular formula is C23H22N4O4. The Bertz CT molecular complexity index is 1120. The second-order valence-corrected chi connectivity index (χ2v) is 8.25. The van der Waals surface area contributed by atoms with Crippen LogP contribution in [0.3, 0.4) is 0 Å². The van der Waals surface area contributed by atoms with Crippen LogP contribution in [0.4, 0.5) is 4.79 Å². The topological polar surface area (TPSA) is 106 Å². The number of carboxylic acids is 1. The molecule has 1 heterocycles. The van der Waals surface area contributed by atoms with E-state index in [-0.39, 0.29) is 25.4 Å². The molecule has 2 aromatic carbocycles. The Kier molecular flexibility index (Phi) is 4.50. The molecule has 5 rings (SSSR count). The van der Waals surface area contributed by atoms with Crippen LogP contribution in [0.2, 0.25) is 0 Å². The van der Waals surface area contributed by atoms with E-state index in [1.807, 2.05) is 24.3 Å². The number of carbonyl (C=O) groups is 2. The van der Waals surface area contributed by atoms with Crippen LogP contribution in [-0.4, -0.2) is 38.8 Å². The van der Waals surface area contributed by atoms with Crippen LogP contribution in [0.1, 0.15) is 35.6 Å². The van der Waals surface area contributed by atoms with Crippen LogP contribution in [-0.2, 0) is 22.1 Å². The number of carboxylic acid groups (broad SMARTS) is 1. The number of benzene rings is 2. The zero-order valence-corrected chi connectivity index (χ0v) is 17.0. The van der Waals surface area contributed by atoms with Crippen molar-refractivity contribution in [1.82, 2.24) is 20.3 Å². The molecule has 2 aliphatic carbocycles. The van der Waals surface area contributed by atoms with Crippen molar-refractivity contribution in [3.05, 3.63) is 71.5 Å². The first kappa shape index (κ1) is 19.3. The highest BCUT2D eigenvalue weighted by Gasteiger charge is 2.52. The fourth-order valence-corrected chi connectivity index (χ4v) is 4.73. The number of aryl methyl sites for hydroxylation is 1. The number of nitrogens with zero attached hydrogens (tertiary/aromatic N) is 3. The SMILES string of the molecule is Cn1cc(C2(NC(=O)OCC3c4ccccc4-c4ccccc43)CC(C(=O)O)C2)nn1. The van der Waals surface area contributed by atoms with Gasteiger partial charge in [-0.25, -0.2) is 4.79 Å². The average Bonchev–Trinajstić information content (AvgIpc) is 3.30. The lowest BCUT2D eigenvalue weighted by molar-refractivity contribution is -0.148. The number of alkyl carbamates (subject to hydrolysis) is 1. The molecule has 0 radical (unpaired) electrons. The number of hydrogen-bond acceptors (Lipinski definition) is 5. The van der Waals surface area contributed by atoms with Crippen LogP contribution < -0.4 is 5.32 Å². The summed E-state index contributed by atoms with van der Waals surface area (Å²) in [5.74, 6) is -1.46. The number of fused-ring (bicyclic) bond motifs is 3. The summed E-state index contributed by atoms with van der Waals surface area (Å²) in [6, 6.07) is 16.3. The van der Waals surface area contributed by atoms with Crippen LogP contribution in [0, 0.1) is 5.92 Å². The van der Waals surface area contributed by atoms with E-state index < -0.39 is 23.5 Å². The summed E-state index contributed by atoms with van der Waals surface area (Å²) in [5, 5.41) is 20.2. The predicted octanol–water partition coefficient (Wildman–Crippen LogP) is 3.04. The monoisotopic (exact) mass is 418 g/mol. The number of carbonyl (C=O) groups excluding carboxylic acids is 1. The molecule has 0 unspecified atom stereocenters. The van der Waals surface area contributed by atoms with E-state index in [0.717, 1.165) is 22.3 Å². The summed E-state index contributed by atoms with van der Waals surface area (Å²) in [4.78, 5) is 24.1. The molecule has 158 valence electrons. The molecule has 2 N–H and O–H groups in total. The molecule has 8 heteroatoms. The van der Waals surface area contributed by atoms with Gasteiger partial charge in [-0.05, 0) is 35.1 Å². The van der Waals surface area contributed by atoms with Crippen molar-refractivity contribution in [1.29, 1.82) is 0 Å². The van der Waals surface area contributed by atoms with E-state index in [1.165, 1.54) is 4.68 Å². The predicted molar refractivity (Wildman–Crippen MR) is 111 cm³/mol. The molecule has 0 bridgehead atoms. The van der Waals surface area contributed by atoms with Gasteiger partial charge in [0.05, 0.1) is 17.7 Å². The first-order valence-corrected chi connectivity index (χ1v) is 10.2. The van der Waals surface area contributed by atoms with Gasteiger partial charge >= 0.3 is 12.1 Å². The maximum Gasteiger partial charge on any atom is 0.407 e. The van der Waals surface area contributed by atoms with Crippen LogP contribution in [0.5, 0.6) is 0 Å². The minimum Gasteiger partial charge on any atom is -0.481 e. The zero-order valence-electron chi connectivity index (χ0n) is 17.0. The first-order chi connectivity index (χ1) is 15.0. The number of amides is 1. The van der Waals surface area contributed by atoms with E-state index in [4.69, 9.17) is 4.74 Å². The summed E-state index contributed by atoms with van der Waals surface area (Å²) >= 11 is 0. The number of nitrogens with one attached hydrogen (secondary N) is 1. The van der Waals surface area contributed by atoms with E-state index in [2.05, 4.69) is 39.9 Å². The number of rotatable bonds is 5. The van der Waals surface area contributed by atoms with Crippen molar-refractivity contribution in [2.75, 3.05) is 6.61 Å². The quantitative estimate of drug-likeness (QED) is 0.660. The van der Waals surface area contributed by atoms with Gasteiger partial charge in [-0.1, -0.05) is 53.7 Å². The Balaban J connectivity index is 1.32. The maximum atomic E-state index is 12.8. The van der Waals surface area contributed by atoms with Gasteiger partial charge in [0, 0.05) is 13.0 Å². The standard InChI is InChI=1S/C23H22N4O4/c1-27-12-20(25-26-27)23(10-14(11-23)21(28)29)24-22(30)31-13-19-17-8-4-2-6-15(17)16-7-3-5-9-18(16)19/h2-9,12,14,19H,10-11,13H2,1H3,(H,24,30)(H,28,29). The maximum absolute atomic E-state index is 12.8. The molecule has 0 spiro atoms. The van der Waals surface area contributed by atoms with Crippen molar-refractivity contribution >= 4 is 12.1 Å².